The van der Waals surface area contributed by atoms with Crippen molar-refractivity contribution < 1.29 is 9.59 Å². The van der Waals surface area contributed by atoms with Crippen molar-refractivity contribution in [2.45, 2.75) is 32.1 Å². The lowest BCUT2D eigenvalue weighted by molar-refractivity contribution is -0.117. The van der Waals surface area contributed by atoms with Crippen molar-refractivity contribution in [2.75, 3.05) is 18.4 Å². The zero-order valence-electron chi connectivity index (χ0n) is 17.0. The number of likely N-dealkylation sites (tertiary alicyclic amines) is 1. The van der Waals surface area contributed by atoms with Gasteiger partial charge in [-0.3, -0.25) is 9.59 Å². The molecule has 1 aliphatic heterocycles. The minimum Gasteiger partial charge on any atom is -0.339 e. The van der Waals surface area contributed by atoms with Crippen LogP contribution in [0.2, 0.25) is 0 Å². The molecule has 3 aromatic rings. The Balaban J connectivity index is 1.18. The number of hydrogen-bond donors (Lipinski definition) is 1. The molecule has 2 atom stereocenters. The molecule has 2 unspecified atom stereocenters. The summed E-state index contributed by atoms with van der Waals surface area (Å²) >= 11 is 1.77. The number of piperidine rings is 1. The van der Waals surface area contributed by atoms with Crippen molar-refractivity contribution in [1.29, 1.82) is 0 Å². The van der Waals surface area contributed by atoms with Gasteiger partial charge in [0.25, 0.3) is 5.91 Å². The molecule has 1 aliphatic carbocycles. The maximum Gasteiger partial charge on any atom is 0.253 e. The predicted molar refractivity (Wildman–Crippen MR) is 120 cm³/mol. The zero-order valence-corrected chi connectivity index (χ0v) is 17.8. The minimum absolute atomic E-state index is 0.0615. The number of rotatable bonds is 4. The average molecular weight is 420 g/mol. The van der Waals surface area contributed by atoms with E-state index in [-0.39, 0.29) is 17.7 Å². The van der Waals surface area contributed by atoms with E-state index in [9.17, 15) is 9.59 Å². The molecule has 2 aliphatic rings. The van der Waals surface area contributed by atoms with Crippen molar-refractivity contribution >= 4 is 39.1 Å². The Morgan fingerprint density at radius 1 is 1.07 bits per heavy atom. The number of aromatic nitrogens is 1. The monoisotopic (exact) mass is 419 g/mol. The topological polar surface area (TPSA) is 62.3 Å². The highest BCUT2D eigenvalue weighted by molar-refractivity contribution is 7.18. The number of carbonyl (C=O) groups is 2. The molecule has 2 aromatic carbocycles. The Morgan fingerprint density at radius 2 is 1.77 bits per heavy atom. The predicted octanol–water partition coefficient (Wildman–Crippen LogP) is 4.91. The number of nitrogens with zero attached hydrogens (tertiary/aromatic N) is 2. The number of anilines is 1. The van der Waals surface area contributed by atoms with Crippen LogP contribution in [0.15, 0.2) is 48.5 Å². The molecule has 1 saturated heterocycles. The van der Waals surface area contributed by atoms with Gasteiger partial charge in [0.2, 0.25) is 5.91 Å². The van der Waals surface area contributed by atoms with Crippen molar-refractivity contribution in [3.63, 3.8) is 0 Å². The summed E-state index contributed by atoms with van der Waals surface area (Å²) in [6.07, 6.45) is 2.86. The molecule has 0 spiro atoms. The number of fused-ring (bicyclic) bond motifs is 1. The molecular weight excluding hydrogens is 394 g/mol. The van der Waals surface area contributed by atoms with Gasteiger partial charge in [-0.05, 0) is 61.6 Å². The lowest BCUT2D eigenvalue weighted by Gasteiger charge is -2.31. The van der Waals surface area contributed by atoms with Gasteiger partial charge in [0.15, 0.2) is 0 Å². The Labute approximate surface area is 180 Å². The summed E-state index contributed by atoms with van der Waals surface area (Å²) in [5.74, 6) is 1.19. The maximum absolute atomic E-state index is 12.9. The molecule has 1 aromatic heterocycles. The van der Waals surface area contributed by atoms with Crippen LogP contribution < -0.4 is 5.32 Å². The molecule has 5 rings (SSSR count). The summed E-state index contributed by atoms with van der Waals surface area (Å²) in [5, 5.41) is 4.13. The smallest absolute Gasteiger partial charge is 0.253 e. The number of thiazole rings is 1. The molecule has 30 heavy (non-hydrogen) atoms. The van der Waals surface area contributed by atoms with Gasteiger partial charge >= 0.3 is 0 Å². The molecule has 2 amide bonds. The van der Waals surface area contributed by atoms with Crippen LogP contribution in [0.25, 0.3) is 10.2 Å². The number of amides is 2. The van der Waals surface area contributed by atoms with Crippen molar-refractivity contribution in [3.8, 4) is 0 Å². The molecule has 5 nitrogen and oxygen atoms in total. The first kappa shape index (κ1) is 19.2. The summed E-state index contributed by atoms with van der Waals surface area (Å²) in [6, 6.07) is 15.5. The molecule has 1 N–H and O–H groups in total. The molecule has 0 radical (unpaired) electrons. The van der Waals surface area contributed by atoms with Gasteiger partial charge in [-0.15, -0.1) is 11.3 Å². The number of benzene rings is 2. The van der Waals surface area contributed by atoms with Gasteiger partial charge in [-0.2, -0.15) is 0 Å². The van der Waals surface area contributed by atoms with Crippen molar-refractivity contribution in [1.82, 2.24) is 9.88 Å². The number of hydrogen-bond acceptors (Lipinski definition) is 4. The molecular formula is C24H25N3O2S. The van der Waals surface area contributed by atoms with E-state index in [1.807, 2.05) is 35.2 Å². The second-order valence-corrected chi connectivity index (χ2v) is 9.53. The summed E-state index contributed by atoms with van der Waals surface area (Å²) in [6.45, 7) is 3.58. The number of para-hydroxylation sites is 1. The first-order chi connectivity index (χ1) is 14.6. The molecule has 2 fully saturated rings. The molecule has 0 bridgehead atoms. The van der Waals surface area contributed by atoms with Gasteiger partial charge < -0.3 is 10.2 Å². The van der Waals surface area contributed by atoms with Crippen LogP contribution in [0.3, 0.4) is 0 Å². The second kappa shape index (κ2) is 7.84. The average Bonchev–Trinajstić information content (AvgIpc) is 3.35. The van der Waals surface area contributed by atoms with Crippen LogP contribution in [0.4, 0.5) is 5.69 Å². The van der Waals surface area contributed by atoms with E-state index in [4.69, 9.17) is 4.98 Å². The normalized spacial score (nSPS) is 21.6. The van der Waals surface area contributed by atoms with Crippen LogP contribution in [0.1, 0.15) is 47.5 Å². The molecule has 154 valence electrons. The van der Waals surface area contributed by atoms with E-state index >= 15 is 0 Å². The fourth-order valence-corrected chi connectivity index (χ4v) is 5.33. The van der Waals surface area contributed by atoms with Gasteiger partial charge in [0.1, 0.15) is 0 Å². The maximum atomic E-state index is 12.9. The highest BCUT2D eigenvalue weighted by Crippen LogP contribution is 2.38. The Kier molecular flexibility index (Phi) is 5.03. The number of carbonyl (C=O) groups excluding carboxylic acids is 2. The van der Waals surface area contributed by atoms with E-state index in [1.54, 1.807) is 11.3 Å². The fraction of sp³-hybridized carbons (Fsp3) is 0.375. The van der Waals surface area contributed by atoms with Crippen LogP contribution in [-0.2, 0) is 4.79 Å². The van der Waals surface area contributed by atoms with Crippen LogP contribution in [0, 0.1) is 11.8 Å². The largest absolute Gasteiger partial charge is 0.339 e. The third-order valence-electron chi connectivity index (χ3n) is 6.29. The summed E-state index contributed by atoms with van der Waals surface area (Å²) < 4.78 is 1.23. The first-order valence-corrected chi connectivity index (χ1v) is 11.5. The van der Waals surface area contributed by atoms with E-state index in [2.05, 4.69) is 30.4 Å². The molecule has 1 saturated carbocycles. The zero-order chi connectivity index (χ0) is 20.7. The van der Waals surface area contributed by atoms with Crippen LogP contribution in [-0.4, -0.2) is 34.8 Å². The van der Waals surface area contributed by atoms with E-state index in [1.165, 1.54) is 9.71 Å². The Morgan fingerprint density at radius 3 is 2.43 bits per heavy atom. The van der Waals surface area contributed by atoms with Gasteiger partial charge in [-0.1, -0.05) is 19.1 Å². The van der Waals surface area contributed by atoms with Crippen molar-refractivity contribution in [2.24, 2.45) is 11.8 Å². The Hall–Kier alpha value is -2.73. The minimum atomic E-state index is 0.0615. The fourth-order valence-electron chi connectivity index (χ4n) is 4.20. The van der Waals surface area contributed by atoms with Gasteiger partial charge in [0, 0.05) is 36.2 Å². The SMILES string of the molecule is CC1CC1C(=O)Nc1ccc(C(=O)N2CCC(c3nc4ccccc4s3)CC2)cc1. The van der Waals surface area contributed by atoms with E-state index < -0.39 is 0 Å². The standard InChI is InChI=1S/C24H25N3O2S/c1-15-14-19(15)22(28)25-18-8-6-17(7-9-18)24(29)27-12-10-16(11-13-27)23-26-20-4-2-3-5-21(20)30-23/h2-9,15-16,19H,10-14H2,1H3,(H,25,28). The molecule has 6 heteroatoms. The van der Waals surface area contributed by atoms with Crippen LogP contribution >= 0.6 is 11.3 Å². The van der Waals surface area contributed by atoms with E-state index in [0.717, 1.165) is 43.6 Å². The lowest BCUT2D eigenvalue weighted by atomic mass is 9.97. The third kappa shape index (κ3) is 3.84. The summed E-state index contributed by atoms with van der Waals surface area (Å²) in [5.41, 5.74) is 2.50. The van der Waals surface area contributed by atoms with Gasteiger partial charge in [0.05, 0.1) is 15.2 Å². The lowest BCUT2D eigenvalue weighted by Crippen LogP contribution is -2.37. The second-order valence-electron chi connectivity index (χ2n) is 8.47. The highest BCUT2D eigenvalue weighted by atomic mass is 32.1. The molecule has 2 heterocycles. The quantitative estimate of drug-likeness (QED) is 0.653. The summed E-state index contributed by atoms with van der Waals surface area (Å²) in [7, 11) is 0. The number of nitrogens with one attached hydrogen (secondary N) is 1. The van der Waals surface area contributed by atoms with Gasteiger partial charge in [-0.25, -0.2) is 4.98 Å². The van der Waals surface area contributed by atoms with Crippen molar-refractivity contribution in [3.05, 3.63) is 59.1 Å². The first-order valence-electron chi connectivity index (χ1n) is 10.6. The third-order valence-corrected chi connectivity index (χ3v) is 7.49. The Bertz CT molecular complexity index is 1050. The highest BCUT2D eigenvalue weighted by Gasteiger charge is 2.39. The van der Waals surface area contributed by atoms with E-state index in [0.29, 0.717) is 17.4 Å². The van der Waals surface area contributed by atoms with Crippen LogP contribution in [0.5, 0.6) is 0 Å². The summed E-state index contributed by atoms with van der Waals surface area (Å²) in [4.78, 5) is 31.7.